The fourth-order valence-electron chi connectivity index (χ4n) is 9.02. The van der Waals surface area contributed by atoms with Gasteiger partial charge in [-0.15, -0.1) is 0 Å². The van der Waals surface area contributed by atoms with E-state index in [1.54, 1.807) is 0 Å². The van der Waals surface area contributed by atoms with Crippen molar-refractivity contribution < 1.29 is 24.5 Å². The summed E-state index contributed by atoms with van der Waals surface area (Å²) in [7, 11) is 0. The van der Waals surface area contributed by atoms with Crippen LogP contribution in [0, 0.1) is 0 Å². The fraction of sp³-hybridized carbons (Fsp3) is 0.930. The second kappa shape index (κ2) is 51.6. The molecule has 3 atom stereocenters. The van der Waals surface area contributed by atoms with Gasteiger partial charge >= 0.3 is 5.97 Å². The molecule has 0 rings (SSSR count). The van der Waals surface area contributed by atoms with Gasteiger partial charge in [-0.2, -0.15) is 0 Å². The molecule has 6 heteroatoms. The molecular formula is C57H111NO5. The first kappa shape index (κ1) is 61.6. The molecule has 0 aliphatic carbocycles. The average molecular weight is 891 g/mol. The summed E-state index contributed by atoms with van der Waals surface area (Å²) >= 11 is 0. The molecule has 0 saturated heterocycles. The highest BCUT2D eigenvalue weighted by Gasteiger charge is 2.24. The van der Waals surface area contributed by atoms with E-state index in [1.165, 1.54) is 225 Å². The average Bonchev–Trinajstić information content (AvgIpc) is 3.28. The summed E-state index contributed by atoms with van der Waals surface area (Å²) in [6, 6.07) is -0.695. The minimum Gasteiger partial charge on any atom is -0.462 e. The van der Waals surface area contributed by atoms with Crippen molar-refractivity contribution in [2.24, 2.45) is 0 Å². The zero-order valence-electron chi connectivity index (χ0n) is 42.7. The van der Waals surface area contributed by atoms with E-state index in [2.05, 4.69) is 38.2 Å². The van der Waals surface area contributed by atoms with Gasteiger partial charge < -0.3 is 20.3 Å². The predicted octanol–water partition coefficient (Wildman–Crippen LogP) is 17.3. The van der Waals surface area contributed by atoms with Crippen LogP contribution in [0.1, 0.15) is 316 Å². The van der Waals surface area contributed by atoms with Gasteiger partial charge in [0.2, 0.25) is 5.91 Å². The van der Waals surface area contributed by atoms with E-state index in [1.807, 2.05) is 0 Å². The normalized spacial score (nSPS) is 13.2. The number of ether oxygens (including phenoxy) is 1. The highest BCUT2D eigenvalue weighted by atomic mass is 16.5. The quantitative estimate of drug-likeness (QED) is 0.0321. The van der Waals surface area contributed by atoms with Gasteiger partial charge in [0, 0.05) is 6.42 Å². The second-order valence-corrected chi connectivity index (χ2v) is 19.7. The van der Waals surface area contributed by atoms with Crippen molar-refractivity contribution in [3.8, 4) is 0 Å². The summed E-state index contributed by atoms with van der Waals surface area (Å²) in [5, 5.41) is 23.8. The third-order valence-electron chi connectivity index (χ3n) is 13.3. The fourth-order valence-corrected chi connectivity index (χ4v) is 9.02. The van der Waals surface area contributed by atoms with Crippen LogP contribution in [-0.2, 0) is 14.3 Å². The maximum absolute atomic E-state index is 13.2. The van der Waals surface area contributed by atoms with E-state index in [9.17, 15) is 19.8 Å². The van der Waals surface area contributed by atoms with Crippen LogP contribution in [0.5, 0.6) is 0 Å². The first-order valence-electron chi connectivity index (χ1n) is 28.4. The van der Waals surface area contributed by atoms with E-state index in [0.29, 0.717) is 19.3 Å². The summed E-state index contributed by atoms with van der Waals surface area (Å²) < 4.78 is 5.94. The number of carbonyl (C=O) groups is 2. The second-order valence-electron chi connectivity index (χ2n) is 19.7. The molecular weight excluding hydrogens is 779 g/mol. The molecule has 63 heavy (non-hydrogen) atoms. The molecule has 6 nitrogen and oxygen atoms in total. The standard InChI is InChI=1S/C57H111NO5/c1-4-7-10-13-16-19-21-23-25-27-28-29-31-33-35-38-41-44-47-50-57(62)63-53(48-45-42-39-36-18-15-12-9-6-3)51-56(61)58-54(52-59)55(60)49-46-43-40-37-34-32-30-26-24-22-20-17-14-11-8-5-2/h23,25,53-55,59-60H,4-22,24,26-52H2,1-3H3,(H,58,61)/b25-23+. The smallest absolute Gasteiger partial charge is 0.306 e. The zero-order valence-corrected chi connectivity index (χ0v) is 42.7. The Hall–Kier alpha value is -1.40. The molecule has 0 aliphatic heterocycles. The largest absolute Gasteiger partial charge is 0.462 e. The highest BCUT2D eigenvalue weighted by Crippen LogP contribution is 2.19. The summed E-state index contributed by atoms with van der Waals surface area (Å²) in [5.41, 5.74) is 0. The monoisotopic (exact) mass is 890 g/mol. The summed E-state index contributed by atoms with van der Waals surface area (Å²) in [6.07, 6.45) is 58.6. The lowest BCUT2D eigenvalue weighted by Crippen LogP contribution is -2.46. The van der Waals surface area contributed by atoms with Gasteiger partial charge in [-0.1, -0.05) is 264 Å². The molecule has 0 fully saturated rings. The minimum absolute atomic E-state index is 0.0838. The van der Waals surface area contributed by atoms with Gasteiger partial charge in [-0.25, -0.2) is 0 Å². The van der Waals surface area contributed by atoms with Crippen molar-refractivity contribution in [1.82, 2.24) is 5.32 Å². The topological polar surface area (TPSA) is 95.9 Å². The molecule has 0 aromatic rings. The molecule has 0 spiro atoms. The lowest BCUT2D eigenvalue weighted by atomic mass is 10.0. The maximum atomic E-state index is 13.2. The number of carbonyl (C=O) groups excluding carboxylic acids is 2. The van der Waals surface area contributed by atoms with Gasteiger partial charge in [0.05, 0.1) is 25.2 Å². The number of unbranched alkanes of at least 4 members (excludes halogenated alkanes) is 38. The molecule has 3 N–H and O–H groups in total. The Labute approximate surface area is 393 Å². The van der Waals surface area contributed by atoms with Gasteiger partial charge in [0.25, 0.3) is 0 Å². The van der Waals surface area contributed by atoms with Crippen molar-refractivity contribution in [1.29, 1.82) is 0 Å². The van der Waals surface area contributed by atoms with Crippen LogP contribution in [-0.4, -0.2) is 46.9 Å². The van der Waals surface area contributed by atoms with Crippen LogP contribution >= 0.6 is 0 Å². The molecule has 0 aliphatic rings. The molecule has 374 valence electrons. The summed E-state index contributed by atoms with van der Waals surface area (Å²) in [4.78, 5) is 26.2. The highest BCUT2D eigenvalue weighted by molar-refractivity contribution is 5.77. The van der Waals surface area contributed by atoms with Crippen LogP contribution in [0.2, 0.25) is 0 Å². The Morgan fingerprint density at radius 3 is 1.13 bits per heavy atom. The Kier molecular flexibility index (Phi) is 50.4. The Bertz CT molecular complexity index is 955. The molecule has 3 unspecified atom stereocenters. The van der Waals surface area contributed by atoms with Gasteiger partial charge in [0.1, 0.15) is 6.10 Å². The minimum atomic E-state index is -0.782. The molecule has 1 amide bonds. The number of hydrogen-bond acceptors (Lipinski definition) is 5. The molecule has 0 radical (unpaired) electrons. The number of esters is 1. The van der Waals surface area contributed by atoms with Crippen LogP contribution in [0.4, 0.5) is 0 Å². The molecule has 0 heterocycles. The molecule has 0 bridgehead atoms. The lowest BCUT2D eigenvalue weighted by Gasteiger charge is -2.24. The third-order valence-corrected chi connectivity index (χ3v) is 13.3. The first-order chi connectivity index (χ1) is 31.0. The van der Waals surface area contributed by atoms with Crippen LogP contribution < -0.4 is 5.32 Å². The zero-order chi connectivity index (χ0) is 45.9. The third kappa shape index (κ3) is 46.9. The van der Waals surface area contributed by atoms with Gasteiger partial charge in [-0.3, -0.25) is 9.59 Å². The van der Waals surface area contributed by atoms with Crippen molar-refractivity contribution >= 4 is 11.9 Å². The number of aliphatic hydroxyl groups is 2. The van der Waals surface area contributed by atoms with Gasteiger partial charge in [0.15, 0.2) is 0 Å². The predicted molar refractivity (Wildman–Crippen MR) is 273 cm³/mol. The van der Waals surface area contributed by atoms with Crippen molar-refractivity contribution in [2.45, 2.75) is 334 Å². The van der Waals surface area contributed by atoms with E-state index >= 15 is 0 Å². The van der Waals surface area contributed by atoms with E-state index in [4.69, 9.17) is 4.74 Å². The maximum Gasteiger partial charge on any atom is 0.306 e. The summed E-state index contributed by atoms with van der Waals surface area (Å²) in [5.74, 6) is -0.458. The van der Waals surface area contributed by atoms with Gasteiger partial charge in [-0.05, 0) is 51.4 Å². The first-order valence-corrected chi connectivity index (χ1v) is 28.4. The molecule has 0 aromatic heterocycles. The van der Waals surface area contributed by atoms with E-state index < -0.39 is 18.2 Å². The number of amides is 1. The van der Waals surface area contributed by atoms with Crippen LogP contribution in [0.25, 0.3) is 0 Å². The summed E-state index contributed by atoms with van der Waals surface area (Å²) in [6.45, 7) is 6.50. The molecule has 0 aromatic carbocycles. The SMILES string of the molecule is CCCCCCCC/C=C/CCCCCCCCCCCC(=O)OC(CCCCCCCCCCC)CC(=O)NC(CO)C(O)CCCCCCCCCCCCCCCCCC. The Morgan fingerprint density at radius 1 is 0.444 bits per heavy atom. The van der Waals surface area contributed by atoms with Crippen LogP contribution in [0.15, 0.2) is 12.2 Å². The Morgan fingerprint density at radius 2 is 0.762 bits per heavy atom. The molecule has 0 saturated carbocycles. The lowest BCUT2D eigenvalue weighted by molar-refractivity contribution is -0.151. The number of nitrogens with one attached hydrogen (secondary N) is 1. The van der Waals surface area contributed by atoms with Crippen LogP contribution in [0.3, 0.4) is 0 Å². The number of aliphatic hydroxyl groups excluding tert-OH is 2. The Balaban J connectivity index is 4.34. The number of hydrogen-bond donors (Lipinski definition) is 3. The van der Waals surface area contributed by atoms with Crippen molar-refractivity contribution in [3.05, 3.63) is 12.2 Å². The van der Waals surface area contributed by atoms with Crippen molar-refractivity contribution in [3.63, 3.8) is 0 Å². The number of rotatable bonds is 52. The van der Waals surface area contributed by atoms with Crippen molar-refractivity contribution in [2.75, 3.05) is 6.61 Å². The van der Waals surface area contributed by atoms with E-state index in [0.717, 1.165) is 44.9 Å². The number of allylic oxidation sites excluding steroid dienone is 2. The van der Waals surface area contributed by atoms with E-state index in [-0.39, 0.29) is 24.9 Å².